The summed E-state index contributed by atoms with van der Waals surface area (Å²) in [4.78, 5) is 17.0. The number of hydrogen-bond acceptors (Lipinski definition) is 5. The zero-order chi connectivity index (χ0) is 22.9. The van der Waals surface area contributed by atoms with Gasteiger partial charge in [-0.2, -0.15) is 0 Å². The zero-order valence-electron chi connectivity index (χ0n) is 16.9. The summed E-state index contributed by atoms with van der Waals surface area (Å²) in [5, 5.41) is 13.2. The molecule has 4 rings (SSSR count). The van der Waals surface area contributed by atoms with E-state index in [1.807, 2.05) is 24.3 Å². The van der Waals surface area contributed by atoms with E-state index < -0.39 is 22.0 Å². The number of phenolic OH excluding ortho intramolecular Hbond substituents is 1. The van der Waals surface area contributed by atoms with Crippen LogP contribution < -0.4 is 10.0 Å². The van der Waals surface area contributed by atoms with E-state index in [9.17, 15) is 18.3 Å². The van der Waals surface area contributed by atoms with Gasteiger partial charge in [0.1, 0.15) is 11.8 Å². The number of nitrogens with one attached hydrogen (secondary N) is 2. The van der Waals surface area contributed by atoms with Crippen LogP contribution in [0, 0.1) is 0 Å². The van der Waals surface area contributed by atoms with Crippen molar-refractivity contribution in [3.05, 3.63) is 78.1 Å². The van der Waals surface area contributed by atoms with Crippen molar-refractivity contribution < 1.29 is 18.3 Å². The summed E-state index contributed by atoms with van der Waals surface area (Å²) >= 11 is 5.91. The number of anilines is 2. The molecule has 4 aromatic rings. The fraction of sp³-hybridized carbons (Fsp3) is 0.0909. The molecule has 3 N–H and O–H groups in total. The maximum absolute atomic E-state index is 12.8. The maximum atomic E-state index is 12.8. The van der Waals surface area contributed by atoms with Gasteiger partial charge in [-0.25, -0.2) is 13.4 Å². The van der Waals surface area contributed by atoms with Crippen molar-refractivity contribution in [3.63, 3.8) is 0 Å². The van der Waals surface area contributed by atoms with Gasteiger partial charge in [0.15, 0.2) is 0 Å². The quantitative estimate of drug-likeness (QED) is 0.361. The van der Waals surface area contributed by atoms with Gasteiger partial charge in [-0.05, 0) is 55.5 Å². The SMILES string of the molecule is CC(C(=O)Nc1cc(S(=O)(=O)Nc2cccc(Cl)c2)ccc1O)n1cnc2ccccc21. The minimum Gasteiger partial charge on any atom is -0.506 e. The van der Waals surface area contributed by atoms with Crippen LogP contribution in [0.1, 0.15) is 13.0 Å². The third-order valence-electron chi connectivity index (χ3n) is 4.89. The van der Waals surface area contributed by atoms with Crippen LogP contribution in [-0.4, -0.2) is 29.0 Å². The molecule has 3 aromatic carbocycles. The number of carbonyl (C=O) groups is 1. The highest BCUT2D eigenvalue weighted by Gasteiger charge is 2.21. The summed E-state index contributed by atoms with van der Waals surface area (Å²) in [5.41, 5.74) is 1.79. The fourth-order valence-electron chi connectivity index (χ4n) is 3.20. The lowest BCUT2D eigenvalue weighted by molar-refractivity contribution is -0.118. The lowest BCUT2D eigenvalue weighted by Crippen LogP contribution is -2.23. The summed E-state index contributed by atoms with van der Waals surface area (Å²) < 4.78 is 29.7. The molecule has 0 saturated heterocycles. The van der Waals surface area contributed by atoms with E-state index in [1.54, 1.807) is 36.0 Å². The molecule has 0 radical (unpaired) electrons. The minimum atomic E-state index is -3.98. The highest BCUT2D eigenvalue weighted by molar-refractivity contribution is 7.92. The lowest BCUT2D eigenvalue weighted by Gasteiger charge is -2.16. The maximum Gasteiger partial charge on any atom is 0.261 e. The molecule has 0 aliphatic carbocycles. The van der Waals surface area contributed by atoms with Crippen LogP contribution in [0.2, 0.25) is 5.02 Å². The van der Waals surface area contributed by atoms with Crippen LogP contribution >= 0.6 is 11.6 Å². The molecule has 1 atom stereocenters. The van der Waals surface area contributed by atoms with E-state index in [0.717, 1.165) is 11.0 Å². The molecule has 1 heterocycles. The molecular weight excluding hydrogens is 452 g/mol. The van der Waals surface area contributed by atoms with Crippen molar-refractivity contribution in [3.8, 4) is 5.75 Å². The molecule has 0 aliphatic heterocycles. The summed E-state index contributed by atoms with van der Waals surface area (Å²) in [7, 11) is -3.98. The predicted octanol–water partition coefficient (Wildman–Crippen LogP) is 4.40. The van der Waals surface area contributed by atoms with Crippen molar-refractivity contribution in [2.45, 2.75) is 17.9 Å². The molecule has 1 unspecified atom stereocenters. The molecule has 0 saturated carbocycles. The Morgan fingerprint density at radius 2 is 1.88 bits per heavy atom. The Kier molecular flexibility index (Phi) is 5.77. The van der Waals surface area contributed by atoms with E-state index in [0.29, 0.717) is 5.02 Å². The molecule has 1 amide bonds. The van der Waals surface area contributed by atoms with Crippen molar-refractivity contribution in [2.24, 2.45) is 0 Å². The van der Waals surface area contributed by atoms with Gasteiger partial charge in [0.2, 0.25) is 5.91 Å². The molecule has 8 nitrogen and oxygen atoms in total. The number of imidazole rings is 1. The normalized spacial score (nSPS) is 12.4. The van der Waals surface area contributed by atoms with Gasteiger partial charge in [-0.15, -0.1) is 0 Å². The molecule has 10 heteroatoms. The van der Waals surface area contributed by atoms with Gasteiger partial charge < -0.3 is 15.0 Å². The molecule has 164 valence electrons. The number of para-hydroxylation sites is 2. The summed E-state index contributed by atoms with van der Waals surface area (Å²) in [5.74, 6) is -0.705. The number of carbonyl (C=O) groups excluding carboxylic acids is 1. The van der Waals surface area contributed by atoms with Crippen LogP contribution in [0.4, 0.5) is 11.4 Å². The monoisotopic (exact) mass is 470 g/mol. The first kappa shape index (κ1) is 21.7. The second-order valence-electron chi connectivity index (χ2n) is 7.10. The predicted molar refractivity (Wildman–Crippen MR) is 123 cm³/mol. The second kappa shape index (κ2) is 8.52. The number of benzene rings is 3. The van der Waals surface area contributed by atoms with E-state index in [-0.39, 0.29) is 22.0 Å². The fourth-order valence-corrected chi connectivity index (χ4v) is 4.46. The second-order valence-corrected chi connectivity index (χ2v) is 9.22. The number of fused-ring (bicyclic) bond motifs is 1. The van der Waals surface area contributed by atoms with Gasteiger partial charge in [-0.1, -0.05) is 29.8 Å². The van der Waals surface area contributed by atoms with Crippen LogP contribution in [-0.2, 0) is 14.8 Å². The number of sulfonamides is 1. The van der Waals surface area contributed by atoms with Crippen molar-refractivity contribution in [1.82, 2.24) is 9.55 Å². The number of nitrogens with zero attached hydrogens (tertiary/aromatic N) is 2. The van der Waals surface area contributed by atoms with Crippen molar-refractivity contribution >= 4 is 49.9 Å². The summed E-state index contributed by atoms with van der Waals surface area (Å²) in [6, 6.07) is 16.6. The Balaban J connectivity index is 1.58. The molecule has 0 aliphatic rings. The van der Waals surface area contributed by atoms with Gasteiger partial charge in [0.05, 0.1) is 33.6 Å². The Morgan fingerprint density at radius 1 is 1.09 bits per heavy atom. The minimum absolute atomic E-state index is 0.0276. The third kappa shape index (κ3) is 4.39. The number of rotatable bonds is 6. The first-order valence-electron chi connectivity index (χ1n) is 9.58. The van der Waals surface area contributed by atoms with Crippen molar-refractivity contribution in [2.75, 3.05) is 10.0 Å². The Bertz CT molecular complexity index is 1420. The van der Waals surface area contributed by atoms with E-state index in [4.69, 9.17) is 11.6 Å². The molecule has 1 aromatic heterocycles. The highest BCUT2D eigenvalue weighted by atomic mass is 35.5. The summed E-state index contributed by atoms with van der Waals surface area (Å²) in [6.07, 6.45) is 1.56. The van der Waals surface area contributed by atoms with Crippen LogP contribution in [0.3, 0.4) is 0 Å². The molecule has 0 fully saturated rings. The number of aromatic nitrogens is 2. The molecular formula is C22H19ClN4O4S. The van der Waals surface area contributed by atoms with E-state index in [2.05, 4.69) is 15.0 Å². The van der Waals surface area contributed by atoms with Crippen LogP contribution in [0.15, 0.2) is 78.0 Å². The largest absolute Gasteiger partial charge is 0.506 e. The van der Waals surface area contributed by atoms with E-state index in [1.165, 1.54) is 24.3 Å². The first-order valence-corrected chi connectivity index (χ1v) is 11.4. The average Bonchev–Trinajstić information content (AvgIpc) is 3.18. The topological polar surface area (TPSA) is 113 Å². The molecule has 0 spiro atoms. The summed E-state index contributed by atoms with van der Waals surface area (Å²) in [6.45, 7) is 1.68. The third-order valence-corrected chi connectivity index (χ3v) is 6.50. The standard InChI is InChI=1S/C22H19ClN4O4S/c1-14(27-13-24-18-7-2-3-8-20(18)27)22(29)25-19-12-17(9-10-21(19)28)32(30,31)26-16-6-4-5-15(23)11-16/h2-14,26,28H,1H3,(H,25,29). The first-order chi connectivity index (χ1) is 15.2. The highest BCUT2D eigenvalue weighted by Crippen LogP contribution is 2.29. The Morgan fingerprint density at radius 3 is 2.66 bits per heavy atom. The molecule has 0 bridgehead atoms. The number of phenols is 1. The number of aromatic hydroxyl groups is 1. The van der Waals surface area contributed by atoms with Gasteiger partial charge in [0.25, 0.3) is 10.0 Å². The number of hydrogen-bond donors (Lipinski definition) is 3. The lowest BCUT2D eigenvalue weighted by atomic mass is 10.2. The average molecular weight is 471 g/mol. The number of halogens is 1. The van der Waals surface area contributed by atoms with E-state index >= 15 is 0 Å². The van der Waals surface area contributed by atoms with Crippen LogP contribution in [0.5, 0.6) is 5.75 Å². The van der Waals surface area contributed by atoms with Crippen molar-refractivity contribution in [1.29, 1.82) is 0 Å². The van der Waals surface area contributed by atoms with Gasteiger partial charge in [-0.3, -0.25) is 9.52 Å². The van der Waals surface area contributed by atoms with Crippen LogP contribution in [0.25, 0.3) is 11.0 Å². The van der Waals surface area contributed by atoms with Gasteiger partial charge >= 0.3 is 0 Å². The van der Waals surface area contributed by atoms with Gasteiger partial charge in [0, 0.05) is 5.02 Å². The Labute approximate surface area is 189 Å². The number of amides is 1. The zero-order valence-corrected chi connectivity index (χ0v) is 18.4. The Hall–Kier alpha value is -3.56. The smallest absolute Gasteiger partial charge is 0.261 e. The molecule has 32 heavy (non-hydrogen) atoms.